The third kappa shape index (κ3) is 3.89. The fourth-order valence-corrected chi connectivity index (χ4v) is 3.77. The van der Waals surface area contributed by atoms with Crippen LogP contribution in [-0.2, 0) is 11.3 Å². The molecule has 1 heterocycles. The zero-order valence-corrected chi connectivity index (χ0v) is 17.2. The van der Waals surface area contributed by atoms with Crippen LogP contribution in [0.1, 0.15) is 44.9 Å². The standard InChI is InChI=1S/C24H21ClN2O3/c1-2-30-24(29)16-11-13-18(14-12-16)26-22-19-8-4-5-9-20(19)23(28)27(22)15-17-7-3-6-10-21(17)25/h3-14,22,26H,2,15H2,1H3. The Balaban J connectivity index is 1.62. The Morgan fingerprint density at radius 3 is 2.47 bits per heavy atom. The first-order chi connectivity index (χ1) is 14.6. The number of esters is 1. The van der Waals surface area contributed by atoms with E-state index in [4.69, 9.17) is 16.3 Å². The highest BCUT2D eigenvalue weighted by atomic mass is 35.5. The van der Waals surface area contributed by atoms with E-state index in [0.717, 1.165) is 16.8 Å². The molecule has 1 aliphatic rings. The van der Waals surface area contributed by atoms with E-state index in [1.807, 2.05) is 60.7 Å². The van der Waals surface area contributed by atoms with Crippen LogP contribution in [0.2, 0.25) is 5.02 Å². The van der Waals surface area contributed by atoms with E-state index in [1.165, 1.54) is 0 Å². The van der Waals surface area contributed by atoms with Crippen LogP contribution in [0.5, 0.6) is 0 Å². The number of halogens is 1. The van der Waals surface area contributed by atoms with Gasteiger partial charge >= 0.3 is 5.97 Å². The Hall–Kier alpha value is -3.31. The molecule has 0 radical (unpaired) electrons. The highest BCUT2D eigenvalue weighted by Gasteiger charge is 2.36. The van der Waals surface area contributed by atoms with Crippen molar-refractivity contribution in [1.82, 2.24) is 4.90 Å². The second-order valence-electron chi connectivity index (χ2n) is 6.96. The predicted molar refractivity (Wildman–Crippen MR) is 117 cm³/mol. The average molecular weight is 421 g/mol. The Labute approximate surface area is 180 Å². The number of rotatable bonds is 6. The normalized spacial score (nSPS) is 15.1. The number of amides is 1. The van der Waals surface area contributed by atoms with E-state index in [-0.39, 0.29) is 18.0 Å². The maximum Gasteiger partial charge on any atom is 0.338 e. The second-order valence-corrected chi connectivity index (χ2v) is 7.36. The second kappa shape index (κ2) is 8.59. The van der Waals surface area contributed by atoms with Gasteiger partial charge in [-0.25, -0.2) is 4.79 Å². The fourth-order valence-electron chi connectivity index (χ4n) is 3.57. The Kier molecular flexibility index (Phi) is 5.72. The first-order valence-corrected chi connectivity index (χ1v) is 10.1. The number of anilines is 1. The molecule has 1 atom stereocenters. The lowest BCUT2D eigenvalue weighted by Crippen LogP contribution is -2.32. The average Bonchev–Trinajstić information content (AvgIpc) is 3.02. The predicted octanol–water partition coefficient (Wildman–Crippen LogP) is 5.28. The third-order valence-corrected chi connectivity index (χ3v) is 5.42. The minimum atomic E-state index is -0.356. The summed E-state index contributed by atoms with van der Waals surface area (Å²) in [5.74, 6) is -0.406. The number of hydrogen-bond acceptors (Lipinski definition) is 4. The number of nitrogens with one attached hydrogen (secondary N) is 1. The zero-order valence-electron chi connectivity index (χ0n) is 16.5. The molecule has 0 bridgehead atoms. The van der Waals surface area contributed by atoms with E-state index >= 15 is 0 Å². The topological polar surface area (TPSA) is 58.6 Å². The van der Waals surface area contributed by atoms with E-state index in [9.17, 15) is 9.59 Å². The summed E-state index contributed by atoms with van der Waals surface area (Å²) in [5.41, 5.74) is 3.74. The summed E-state index contributed by atoms with van der Waals surface area (Å²) in [6.45, 7) is 2.48. The van der Waals surface area contributed by atoms with Crippen LogP contribution in [-0.4, -0.2) is 23.4 Å². The van der Waals surface area contributed by atoms with Gasteiger partial charge in [-0.1, -0.05) is 48.0 Å². The molecule has 1 unspecified atom stereocenters. The SMILES string of the molecule is CCOC(=O)c1ccc(NC2c3ccccc3C(=O)N2Cc2ccccc2Cl)cc1. The molecule has 3 aromatic carbocycles. The number of benzene rings is 3. The number of fused-ring (bicyclic) bond motifs is 1. The number of carbonyl (C=O) groups is 2. The molecule has 6 heteroatoms. The van der Waals surface area contributed by atoms with Crippen molar-refractivity contribution in [2.45, 2.75) is 19.6 Å². The maximum absolute atomic E-state index is 13.1. The van der Waals surface area contributed by atoms with Gasteiger partial charge in [0.25, 0.3) is 5.91 Å². The largest absolute Gasteiger partial charge is 0.462 e. The molecule has 1 amide bonds. The van der Waals surface area contributed by atoms with Crippen LogP contribution in [0.3, 0.4) is 0 Å². The molecule has 0 saturated heterocycles. The van der Waals surface area contributed by atoms with Crippen LogP contribution in [0, 0.1) is 0 Å². The molecule has 3 aromatic rings. The van der Waals surface area contributed by atoms with Gasteiger partial charge < -0.3 is 15.0 Å². The first-order valence-electron chi connectivity index (χ1n) is 9.75. The maximum atomic E-state index is 13.1. The number of hydrogen-bond donors (Lipinski definition) is 1. The number of ether oxygens (including phenoxy) is 1. The van der Waals surface area contributed by atoms with Gasteiger partial charge in [0.1, 0.15) is 6.17 Å². The minimum absolute atomic E-state index is 0.0498. The molecular formula is C24H21ClN2O3. The fraction of sp³-hybridized carbons (Fsp3) is 0.167. The molecule has 1 N–H and O–H groups in total. The van der Waals surface area contributed by atoms with Crippen molar-refractivity contribution in [3.63, 3.8) is 0 Å². The molecule has 0 saturated carbocycles. The quantitative estimate of drug-likeness (QED) is 0.551. The molecule has 5 nitrogen and oxygen atoms in total. The lowest BCUT2D eigenvalue weighted by Gasteiger charge is -2.27. The number of nitrogens with zero attached hydrogens (tertiary/aromatic N) is 1. The van der Waals surface area contributed by atoms with Gasteiger partial charge in [0.2, 0.25) is 0 Å². The highest BCUT2D eigenvalue weighted by molar-refractivity contribution is 6.31. The summed E-state index contributed by atoms with van der Waals surface area (Å²) in [5, 5.41) is 4.05. The molecule has 152 valence electrons. The van der Waals surface area contributed by atoms with Gasteiger partial charge in [-0.2, -0.15) is 0 Å². The third-order valence-electron chi connectivity index (χ3n) is 5.06. The Morgan fingerprint density at radius 2 is 1.73 bits per heavy atom. The van der Waals surface area contributed by atoms with E-state index < -0.39 is 0 Å². The summed E-state index contributed by atoms with van der Waals surface area (Å²) < 4.78 is 5.03. The van der Waals surface area contributed by atoms with Crippen molar-refractivity contribution < 1.29 is 14.3 Å². The smallest absolute Gasteiger partial charge is 0.338 e. The van der Waals surface area contributed by atoms with Crippen LogP contribution < -0.4 is 5.32 Å². The molecule has 1 aliphatic heterocycles. The first kappa shape index (κ1) is 20.0. The van der Waals surface area contributed by atoms with E-state index in [0.29, 0.717) is 29.3 Å². The van der Waals surface area contributed by atoms with Gasteiger partial charge in [0, 0.05) is 28.4 Å². The monoisotopic (exact) mass is 420 g/mol. The van der Waals surface area contributed by atoms with Crippen LogP contribution >= 0.6 is 11.6 Å². The summed E-state index contributed by atoms with van der Waals surface area (Å²) in [7, 11) is 0. The molecule has 0 fully saturated rings. The molecule has 0 aliphatic carbocycles. The van der Waals surface area contributed by atoms with Gasteiger partial charge in [-0.3, -0.25) is 4.79 Å². The van der Waals surface area contributed by atoms with Gasteiger partial charge in [0.15, 0.2) is 0 Å². The number of carbonyl (C=O) groups excluding carboxylic acids is 2. The van der Waals surface area contributed by atoms with Crippen molar-refractivity contribution in [3.8, 4) is 0 Å². The zero-order chi connectivity index (χ0) is 21.1. The van der Waals surface area contributed by atoms with Gasteiger partial charge in [-0.15, -0.1) is 0 Å². The van der Waals surface area contributed by atoms with Gasteiger partial charge in [-0.05, 0) is 48.9 Å². The molecule has 4 rings (SSSR count). The van der Waals surface area contributed by atoms with Crippen LogP contribution in [0.4, 0.5) is 5.69 Å². The van der Waals surface area contributed by atoms with Crippen LogP contribution in [0.25, 0.3) is 0 Å². The van der Waals surface area contributed by atoms with Gasteiger partial charge in [0.05, 0.1) is 12.2 Å². The van der Waals surface area contributed by atoms with Crippen molar-refractivity contribution in [2.24, 2.45) is 0 Å². The summed E-state index contributed by atoms with van der Waals surface area (Å²) in [6, 6.07) is 22.1. The highest BCUT2D eigenvalue weighted by Crippen LogP contribution is 2.36. The minimum Gasteiger partial charge on any atom is -0.462 e. The van der Waals surface area contributed by atoms with E-state index in [1.54, 1.807) is 24.0 Å². The van der Waals surface area contributed by atoms with E-state index in [2.05, 4.69) is 5.32 Å². The summed E-state index contributed by atoms with van der Waals surface area (Å²) in [6.07, 6.45) is -0.349. The van der Waals surface area contributed by atoms with Crippen molar-refractivity contribution >= 4 is 29.2 Å². The van der Waals surface area contributed by atoms with Crippen molar-refractivity contribution in [1.29, 1.82) is 0 Å². The van der Waals surface area contributed by atoms with Crippen molar-refractivity contribution in [3.05, 3.63) is 100 Å². The summed E-state index contributed by atoms with van der Waals surface area (Å²) in [4.78, 5) is 26.8. The van der Waals surface area contributed by atoms with Crippen LogP contribution in [0.15, 0.2) is 72.8 Å². The summed E-state index contributed by atoms with van der Waals surface area (Å²) >= 11 is 6.34. The Morgan fingerprint density at radius 1 is 1.03 bits per heavy atom. The molecule has 0 aromatic heterocycles. The Bertz CT molecular complexity index is 1080. The molecule has 0 spiro atoms. The molecule has 30 heavy (non-hydrogen) atoms. The lowest BCUT2D eigenvalue weighted by molar-refractivity contribution is 0.0526. The molecular weight excluding hydrogens is 400 g/mol. The lowest BCUT2D eigenvalue weighted by atomic mass is 10.1. The van der Waals surface area contributed by atoms with Crippen molar-refractivity contribution in [2.75, 3.05) is 11.9 Å².